The third-order valence-electron chi connectivity index (χ3n) is 3.66. The van der Waals surface area contributed by atoms with Crippen LogP contribution in [0.1, 0.15) is 79.1 Å². The van der Waals surface area contributed by atoms with Crippen LogP contribution in [0.25, 0.3) is 0 Å². The Balaban J connectivity index is 2.83. The van der Waals surface area contributed by atoms with Crippen LogP contribution in [0.2, 0.25) is 0 Å². The van der Waals surface area contributed by atoms with E-state index in [1.807, 2.05) is 0 Å². The highest BCUT2D eigenvalue weighted by Gasteiger charge is 2.31. The summed E-state index contributed by atoms with van der Waals surface area (Å²) in [6, 6.07) is 0. The number of rotatable bonds is 8. The molecule has 17 heavy (non-hydrogen) atoms. The maximum absolute atomic E-state index is 6.30. The van der Waals surface area contributed by atoms with E-state index < -0.39 is 0 Å². The molecule has 0 aromatic rings. The molecule has 1 nitrogen and oxygen atoms in total. The van der Waals surface area contributed by atoms with E-state index in [9.17, 15) is 0 Å². The molecular formula is C16H30O. The van der Waals surface area contributed by atoms with Gasteiger partial charge in [-0.3, -0.25) is 0 Å². The van der Waals surface area contributed by atoms with Crippen LogP contribution in [0.3, 0.4) is 0 Å². The largest absolute Gasteiger partial charge is 0.366 e. The van der Waals surface area contributed by atoms with Crippen LogP contribution in [0.4, 0.5) is 0 Å². The monoisotopic (exact) mass is 238 g/mol. The summed E-state index contributed by atoms with van der Waals surface area (Å²) in [5.74, 6) is 0. The van der Waals surface area contributed by atoms with Crippen LogP contribution in [-0.4, -0.2) is 12.2 Å². The van der Waals surface area contributed by atoms with E-state index in [0.29, 0.717) is 12.2 Å². The topological polar surface area (TPSA) is 9.23 Å². The minimum absolute atomic E-state index is 0.443. The van der Waals surface area contributed by atoms with Crippen molar-refractivity contribution in [1.82, 2.24) is 0 Å². The Labute approximate surface area is 108 Å². The zero-order valence-electron chi connectivity index (χ0n) is 12.2. The SMILES string of the molecule is CCCC1=C(CCC)C(CCC)OC1CCC. The lowest BCUT2D eigenvalue weighted by atomic mass is 9.92. The molecule has 0 saturated carbocycles. The molecule has 2 atom stereocenters. The summed E-state index contributed by atoms with van der Waals surface area (Å²) in [5.41, 5.74) is 3.32. The van der Waals surface area contributed by atoms with Crippen LogP contribution in [0, 0.1) is 0 Å². The van der Waals surface area contributed by atoms with Gasteiger partial charge >= 0.3 is 0 Å². The van der Waals surface area contributed by atoms with Gasteiger partial charge in [0.1, 0.15) is 0 Å². The molecule has 1 heteroatoms. The summed E-state index contributed by atoms with van der Waals surface area (Å²) in [6.07, 6.45) is 10.8. The van der Waals surface area contributed by atoms with Crippen molar-refractivity contribution in [3.05, 3.63) is 11.1 Å². The van der Waals surface area contributed by atoms with Crippen LogP contribution in [-0.2, 0) is 4.74 Å². The first-order chi connectivity index (χ1) is 8.28. The molecular weight excluding hydrogens is 208 g/mol. The molecule has 0 N–H and O–H groups in total. The molecule has 0 aromatic carbocycles. The van der Waals surface area contributed by atoms with Gasteiger partial charge in [-0.2, -0.15) is 0 Å². The second-order valence-corrected chi connectivity index (χ2v) is 5.24. The van der Waals surface area contributed by atoms with E-state index in [0.717, 1.165) is 0 Å². The Hall–Kier alpha value is -0.300. The van der Waals surface area contributed by atoms with E-state index >= 15 is 0 Å². The van der Waals surface area contributed by atoms with Crippen molar-refractivity contribution in [3.8, 4) is 0 Å². The third-order valence-corrected chi connectivity index (χ3v) is 3.66. The van der Waals surface area contributed by atoms with Gasteiger partial charge in [0.15, 0.2) is 0 Å². The zero-order chi connectivity index (χ0) is 12.7. The third kappa shape index (κ3) is 3.84. The fraction of sp³-hybridized carbons (Fsp3) is 0.875. The minimum Gasteiger partial charge on any atom is -0.366 e. The summed E-state index contributed by atoms with van der Waals surface area (Å²) >= 11 is 0. The maximum atomic E-state index is 6.30. The van der Waals surface area contributed by atoms with Gasteiger partial charge in [-0.25, -0.2) is 0 Å². The standard InChI is InChI=1S/C16H30O/c1-5-9-13-14(10-6-2)16(12-8-4)17-15(13)11-7-3/h15-16H,5-12H2,1-4H3. The van der Waals surface area contributed by atoms with Crippen LogP contribution in [0.5, 0.6) is 0 Å². The molecule has 1 heterocycles. The minimum atomic E-state index is 0.443. The second kappa shape index (κ2) is 7.92. The summed E-state index contributed by atoms with van der Waals surface area (Å²) in [6.45, 7) is 9.10. The van der Waals surface area contributed by atoms with E-state index in [2.05, 4.69) is 27.7 Å². The predicted molar refractivity (Wildman–Crippen MR) is 75.3 cm³/mol. The number of hydrogen-bond donors (Lipinski definition) is 0. The molecule has 0 fully saturated rings. The Morgan fingerprint density at radius 3 is 1.41 bits per heavy atom. The van der Waals surface area contributed by atoms with Crippen LogP contribution < -0.4 is 0 Å². The quantitative estimate of drug-likeness (QED) is 0.525. The Morgan fingerprint density at radius 2 is 1.12 bits per heavy atom. The molecule has 2 unspecified atom stereocenters. The fourth-order valence-corrected chi connectivity index (χ4v) is 2.97. The first-order valence-electron chi connectivity index (χ1n) is 7.65. The van der Waals surface area contributed by atoms with Crippen molar-refractivity contribution < 1.29 is 4.74 Å². The summed E-state index contributed by atoms with van der Waals surface area (Å²) in [5, 5.41) is 0. The van der Waals surface area contributed by atoms with E-state index in [1.54, 1.807) is 11.1 Å². The molecule has 1 rings (SSSR count). The summed E-state index contributed by atoms with van der Waals surface area (Å²) in [4.78, 5) is 0. The summed E-state index contributed by atoms with van der Waals surface area (Å²) < 4.78 is 6.30. The van der Waals surface area contributed by atoms with Gasteiger partial charge in [-0.15, -0.1) is 0 Å². The van der Waals surface area contributed by atoms with Gasteiger partial charge in [0.05, 0.1) is 12.2 Å². The first kappa shape index (κ1) is 14.8. The Morgan fingerprint density at radius 1 is 0.706 bits per heavy atom. The van der Waals surface area contributed by atoms with E-state index in [1.165, 1.54) is 51.4 Å². The van der Waals surface area contributed by atoms with Gasteiger partial charge in [0.25, 0.3) is 0 Å². The molecule has 0 bridgehead atoms. The Bertz CT molecular complexity index is 218. The molecule has 0 radical (unpaired) electrons. The molecule has 0 aromatic heterocycles. The number of hydrogen-bond acceptors (Lipinski definition) is 1. The van der Waals surface area contributed by atoms with Gasteiger partial charge in [-0.05, 0) is 36.8 Å². The van der Waals surface area contributed by atoms with Crippen LogP contribution in [0.15, 0.2) is 11.1 Å². The molecule has 1 aliphatic heterocycles. The van der Waals surface area contributed by atoms with Crippen molar-refractivity contribution in [3.63, 3.8) is 0 Å². The molecule has 0 amide bonds. The van der Waals surface area contributed by atoms with Gasteiger partial charge in [0.2, 0.25) is 0 Å². The summed E-state index contributed by atoms with van der Waals surface area (Å²) in [7, 11) is 0. The molecule has 0 saturated heterocycles. The highest BCUT2D eigenvalue weighted by Crippen LogP contribution is 2.37. The van der Waals surface area contributed by atoms with Crippen molar-refractivity contribution in [2.75, 3.05) is 0 Å². The first-order valence-corrected chi connectivity index (χ1v) is 7.65. The lowest BCUT2D eigenvalue weighted by molar-refractivity contribution is 0.0406. The van der Waals surface area contributed by atoms with Gasteiger partial charge < -0.3 is 4.74 Å². The normalized spacial score (nSPS) is 24.7. The van der Waals surface area contributed by atoms with E-state index in [4.69, 9.17) is 4.74 Å². The molecule has 0 spiro atoms. The molecule has 1 aliphatic rings. The lowest BCUT2D eigenvalue weighted by Crippen LogP contribution is -2.15. The molecule has 100 valence electrons. The average molecular weight is 238 g/mol. The Kier molecular flexibility index (Phi) is 6.87. The van der Waals surface area contributed by atoms with Crippen molar-refractivity contribution in [1.29, 1.82) is 0 Å². The zero-order valence-corrected chi connectivity index (χ0v) is 12.2. The van der Waals surface area contributed by atoms with Gasteiger partial charge in [0, 0.05) is 0 Å². The van der Waals surface area contributed by atoms with Gasteiger partial charge in [-0.1, -0.05) is 53.4 Å². The van der Waals surface area contributed by atoms with Crippen molar-refractivity contribution in [2.24, 2.45) is 0 Å². The highest BCUT2D eigenvalue weighted by atomic mass is 16.5. The molecule has 0 aliphatic carbocycles. The predicted octanol–water partition coefficient (Wildman–Crippen LogP) is 5.25. The fourth-order valence-electron chi connectivity index (χ4n) is 2.97. The number of ether oxygens (including phenoxy) is 1. The smallest absolute Gasteiger partial charge is 0.0796 e. The van der Waals surface area contributed by atoms with Crippen molar-refractivity contribution >= 4 is 0 Å². The highest BCUT2D eigenvalue weighted by molar-refractivity contribution is 5.27. The van der Waals surface area contributed by atoms with Crippen molar-refractivity contribution in [2.45, 2.75) is 91.3 Å². The average Bonchev–Trinajstić information content (AvgIpc) is 2.61. The van der Waals surface area contributed by atoms with E-state index in [-0.39, 0.29) is 0 Å². The maximum Gasteiger partial charge on any atom is 0.0796 e. The second-order valence-electron chi connectivity index (χ2n) is 5.24. The lowest BCUT2D eigenvalue weighted by Gasteiger charge is -2.16. The van der Waals surface area contributed by atoms with Crippen LogP contribution >= 0.6 is 0 Å².